The van der Waals surface area contributed by atoms with Crippen molar-refractivity contribution in [2.75, 3.05) is 0 Å². The molecule has 2 aromatic rings. The highest BCUT2D eigenvalue weighted by Gasteiger charge is 2.19. The average Bonchev–Trinajstić information content (AvgIpc) is 2.85. The van der Waals surface area contributed by atoms with Gasteiger partial charge in [-0.1, -0.05) is 20.8 Å². The molecule has 0 fully saturated rings. The summed E-state index contributed by atoms with van der Waals surface area (Å²) >= 11 is 1.65. The van der Waals surface area contributed by atoms with Gasteiger partial charge in [-0.25, -0.2) is 9.97 Å². The van der Waals surface area contributed by atoms with Crippen LogP contribution in [0.1, 0.15) is 43.3 Å². The molecule has 5 nitrogen and oxygen atoms in total. The molecule has 0 aromatic carbocycles. The lowest BCUT2D eigenvalue weighted by Crippen LogP contribution is -2.16. The second-order valence-corrected chi connectivity index (χ2v) is 6.00. The molecule has 0 aliphatic heterocycles. The third kappa shape index (κ3) is 2.89. The normalized spacial score (nSPS) is 13.9. The lowest BCUT2D eigenvalue weighted by atomic mass is 9.93. The maximum atomic E-state index is 6.02. The van der Waals surface area contributed by atoms with Gasteiger partial charge >= 0.3 is 0 Å². The zero-order valence-electron chi connectivity index (χ0n) is 10.3. The molecule has 0 radical (unpaired) electrons. The lowest BCUT2D eigenvalue weighted by molar-refractivity contribution is 0.568. The number of rotatable bonds is 3. The molecule has 0 aliphatic rings. The molecule has 0 saturated heterocycles. The van der Waals surface area contributed by atoms with Crippen molar-refractivity contribution in [1.29, 1.82) is 0 Å². The maximum absolute atomic E-state index is 6.02. The molecule has 2 rings (SSSR count). The van der Waals surface area contributed by atoms with E-state index >= 15 is 0 Å². The summed E-state index contributed by atoms with van der Waals surface area (Å²) in [6, 6.07) is -0.170. The highest BCUT2D eigenvalue weighted by Crippen LogP contribution is 2.25. The van der Waals surface area contributed by atoms with Crippen LogP contribution in [-0.2, 0) is 11.8 Å². The first-order valence-corrected chi connectivity index (χ1v) is 6.40. The fraction of sp³-hybridized carbons (Fsp3) is 0.545. The van der Waals surface area contributed by atoms with Crippen LogP contribution < -0.4 is 5.73 Å². The van der Waals surface area contributed by atoms with Crippen molar-refractivity contribution < 1.29 is 0 Å². The molecule has 0 spiro atoms. The number of H-pyrrole nitrogens is 1. The molecule has 6 heteroatoms. The van der Waals surface area contributed by atoms with Gasteiger partial charge in [0, 0.05) is 17.2 Å². The van der Waals surface area contributed by atoms with Crippen LogP contribution >= 0.6 is 11.3 Å². The Labute approximate surface area is 104 Å². The lowest BCUT2D eigenvalue weighted by Gasteiger charge is -2.14. The van der Waals surface area contributed by atoms with Crippen LogP contribution in [0.4, 0.5) is 0 Å². The van der Waals surface area contributed by atoms with Gasteiger partial charge in [0.05, 0.1) is 16.7 Å². The number of aromatic amines is 1. The number of hydrogen-bond acceptors (Lipinski definition) is 5. The van der Waals surface area contributed by atoms with E-state index in [0.717, 1.165) is 10.7 Å². The SMILES string of the molecule is CC(C)(C)c1csc(CC(N)c2ncn[nH]2)n1. The zero-order chi connectivity index (χ0) is 12.5. The zero-order valence-corrected chi connectivity index (χ0v) is 11.1. The summed E-state index contributed by atoms with van der Waals surface area (Å²) in [7, 11) is 0. The molecular weight excluding hydrogens is 234 g/mol. The van der Waals surface area contributed by atoms with Gasteiger partial charge in [-0.2, -0.15) is 5.10 Å². The highest BCUT2D eigenvalue weighted by molar-refractivity contribution is 7.09. The van der Waals surface area contributed by atoms with Gasteiger partial charge in [0.2, 0.25) is 0 Å². The van der Waals surface area contributed by atoms with Crippen molar-refractivity contribution in [1.82, 2.24) is 20.2 Å². The second kappa shape index (κ2) is 4.54. The van der Waals surface area contributed by atoms with Crippen LogP contribution in [0.3, 0.4) is 0 Å². The Morgan fingerprint density at radius 2 is 2.24 bits per heavy atom. The molecule has 0 aliphatic carbocycles. The van der Waals surface area contributed by atoms with Crippen LogP contribution in [0.2, 0.25) is 0 Å². The highest BCUT2D eigenvalue weighted by atomic mass is 32.1. The quantitative estimate of drug-likeness (QED) is 0.871. The molecule has 1 unspecified atom stereocenters. The second-order valence-electron chi connectivity index (χ2n) is 5.06. The average molecular weight is 251 g/mol. The van der Waals surface area contributed by atoms with Crippen LogP contribution in [0.5, 0.6) is 0 Å². The summed E-state index contributed by atoms with van der Waals surface area (Å²) in [5.74, 6) is 0.706. The topological polar surface area (TPSA) is 80.5 Å². The van der Waals surface area contributed by atoms with E-state index in [1.54, 1.807) is 11.3 Å². The molecule has 92 valence electrons. The Balaban J connectivity index is 2.07. The van der Waals surface area contributed by atoms with E-state index in [9.17, 15) is 0 Å². The number of nitrogens with one attached hydrogen (secondary N) is 1. The molecule has 0 bridgehead atoms. The standard InChI is InChI=1S/C11H17N5S/c1-11(2,3)8-5-17-9(15-8)4-7(12)10-13-6-14-16-10/h5-7H,4,12H2,1-3H3,(H,13,14,16). The summed E-state index contributed by atoms with van der Waals surface area (Å²) in [5.41, 5.74) is 7.22. The third-order valence-corrected chi connectivity index (χ3v) is 3.37. The van der Waals surface area contributed by atoms with E-state index < -0.39 is 0 Å². The van der Waals surface area contributed by atoms with Crippen molar-refractivity contribution in [2.45, 2.75) is 38.6 Å². The van der Waals surface area contributed by atoms with E-state index in [4.69, 9.17) is 5.73 Å². The van der Waals surface area contributed by atoms with Gasteiger partial charge in [-0.05, 0) is 0 Å². The Morgan fingerprint density at radius 3 is 2.76 bits per heavy atom. The van der Waals surface area contributed by atoms with E-state index in [2.05, 4.69) is 46.3 Å². The molecular formula is C11H17N5S. The fourth-order valence-corrected chi connectivity index (χ4v) is 2.51. The number of nitrogens with two attached hydrogens (primary N) is 1. The van der Waals surface area contributed by atoms with E-state index in [0.29, 0.717) is 12.2 Å². The predicted molar refractivity (Wildman–Crippen MR) is 67.8 cm³/mol. The number of hydrogen-bond donors (Lipinski definition) is 2. The van der Waals surface area contributed by atoms with Crippen molar-refractivity contribution >= 4 is 11.3 Å². The van der Waals surface area contributed by atoms with Gasteiger partial charge in [0.15, 0.2) is 0 Å². The van der Waals surface area contributed by atoms with Crippen LogP contribution in [0.25, 0.3) is 0 Å². The monoisotopic (exact) mass is 251 g/mol. The summed E-state index contributed by atoms with van der Waals surface area (Å²) < 4.78 is 0. The van der Waals surface area contributed by atoms with Crippen LogP contribution in [0.15, 0.2) is 11.7 Å². The first-order chi connectivity index (χ1) is 7.97. The van der Waals surface area contributed by atoms with Gasteiger partial charge in [0.25, 0.3) is 0 Å². The van der Waals surface area contributed by atoms with Crippen molar-refractivity contribution in [3.63, 3.8) is 0 Å². The van der Waals surface area contributed by atoms with E-state index in [-0.39, 0.29) is 11.5 Å². The summed E-state index contributed by atoms with van der Waals surface area (Å²) in [6.07, 6.45) is 2.16. The third-order valence-electron chi connectivity index (χ3n) is 2.50. The molecule has 1 atom stereocenters. The summed E-state index contributed by atoms with van der Waals surface area (Å²) in [4.78, 5) is 8.66. The molecule has 3 N–H and O–H groups in total. The van der Waals surface area contributed by atoms with E-state index in [1.165, 1.54) is 6.33 Å². The summed E-state index contributed by atoms with van der Waals surface area (Å²) in [5, 5.41) is 9.72. The Hall–Kier alpha value is -1.27. The van der Waals surface area contributed by atoms with Gasteiger partial charge < -0.3 is 5.73 Å². The van der Waals surface area contributed by atoms with Gasteiger partial charge in [-0.15, -0.1) is 11.3 Å². The number of thiazole rings is 1. The minimum Gasteiger partial charge on any atom is -0.321 e. The van der Waals surface area contributed by atoms with E-state index in [1.807, 2.05) is 0 Å². The Morgan fingerprint density at radius 1 is 1.47 bits per heavy atom. The smallest absolute Gasteiger partial charge is 0.141 e. The molecule has 2 heterocycles. The minimum absolute atomic E-state index is 0.0884. The molecule has 0 saturated carbocycles. The maximum Gasteiger partial charge on any atom is 0.141 e. The van der Waals surface area contributed by atoms with Crippen LogP contribution in [-0.4, -0.2) is 20.2 Å². The van der Waals surface area contributed by atoms with Gasteiger partial charge in [-0.3, -0.25) is 5.10 Å². The van der Waals surface area contributed by atoms with Crippen molar-refractivity contribution in [3.8, 4) is 0 Å². The predicted octanol–water partition coefficient (Wildman–Crippen LogP) is 1.80. The first kappa shape index (κ1) is 12.2. The first-order valence-electron chi connectivity index (χ1n) is 5.52. The van der Waals surface area contributed by atoms with Crippen LogP contribution in [0, 0.1) is 0 Å². The molecule has 17 heavy (non-hydrogen) atoms. The summed E-state index contributed by atoms with van der Waals surface area (Å²) in [6.45, 7) is 6.46. The number of aromatic nitrogens is 4. The Kier molecular flexibility index (Phi) is 3.26. The fourth-order valence-electron chi connectivity index (χ4n) is 1.43. The molecule has 0 amide bonds. The Bertz CT molecular complexity index is 468. The van der Waals surface area contributed by atoms with Crippen molar-refractivity contribution in [2.24, 2.45) is 5.73 Å². The molecule has 2 aromatic heterocycles. The largest absolute Gasteiger partial charge is 0.321 e. The van der Waals surface area contributed by atoms with Gasteiger partial charge in [0.1, 0.15) is 12.2 Å². The van der Waals surface area contributed by atoms with Crippen molar-refractivity contribution in [3.05, 3.63) is 28.2 Å². The number of nitrogens with zero attached hydrogens (tertiary/aromatic N) is 3. The minimum atomic E-state index is -0.170.